The number of rotatable bonds is 8. The number of ether oxygens (including phenoxy) is 1. The fourth-order valence-corrected chi connectivity index (χ4v) is 5.66. The molecule has 2 atom stereocenters. The number of carbonyl (C=O) groups excluding carboxylic acids is 1. The molecule has 0 saturated heterocycles. The zero-order valence-corrected chi connectivity index (χ0v) is 18.5. The highest BCUT2D eigenvalue weighted by Crippen LogP contribution is 2.30. The lowest BCUT2D eigenvalue weighted by Crippen LogP contribution is -2.47. The second-order valence-corrected chi connectivity index (χ2v) is 10.7. The predicted molar refractivity (Wildman–Crippen MR) is 114 cm³/mol. The first-order valence-electron chi connectivity index (χ1n) is 11.1. The Bertz CT molecular complexity index is 426. The van der Waals surface area contributed by atoms with Crippen molar-refractivity contribution in [3.8, 4) is 0 Å². The summed E-state index contributed by atoms with van der Waals surface area (Å²) in [4.78, 5) is 12.3. The highest BCUT2D eigenvalue weighted by molar-refractivity contribution is 7.99. The van der Waals surface area contributed by atoms with Gasteiger partial charge in [-0.25, -0.2) is 4.79 Å². The summed E-state index contributed by atoms with van der Waals surface area (Å²) in [6, 6.07) is -0.207. The minimum Gasteiger partial charge on any atom is -0.444 e. The normalized spacial score (nSPS) is 22.2. The highest BCUT2D eigenvalue weighted by Gasteiger charge is 2.28. The van der Waals surface area contributed by atoms with Crippen molar-refractivity contribution in [3.05, 3.63) is 0 Å². The number of hydrogen-bond donors (Lipinski definition) is 2. The van der Waals surface area contributed by atoms with E-state index in [1.807, 2.05) is 32.5 Å². The molecule has 0 heterocycles. The van der Waals surface area contributed by atoms with Crippen LogP contribution in [-0.2, 0) is 4.74 Å². The molecule has 0 aromatic rings. The molecule has 2 fully saturated rings. The fourth-order valence-electron chi connectivity index (χ4n) is 4.38. The molecule has 0 radical (unpaired) electrons. The molecular formula is C22H41NO3S. The van der Waals surface area contributed by atoms with Gasteiger partial charge in [0.2, 0.25) is 0 Å². The first kappa shape index (κ1) is 22.9. The monoisotopic (exact) mass is 399 g/mol. The Balaban J connectivity index is 1.83. The van der Waals surface area contributed by atoms with E-state index in [-0.39, 0.29) is 6.04 Å². The molecular weight excluding hydrogens is 358 g/mol. The van der Waals surface area contributed by atoms with E-state index in [0.717, 1.165) is 18.1 Å². The third-order valence-electron chi connectivity index (χ3n) is 5.85. The van der Waals surface area contributed by atoms with Crippen molar-refractivity contribution in [1.29, 1.82) is 0 Å². The molecule has 0 spiro atoms. The zero-order chi connectivity index (χ0) is 19.7. The molecule has 2 saturated carbocycles. The maximum atomic E-state index is 12.3. The number of aliphatic hydroxyl groups is 1. The molecule has 2 aliphatic rings. The van der Waals surface area contributed by atoms with Crippen LogP contribution in [0.25, 0.3) is 0 Å². The van der Waals surface area contributed by atoms with Gasteiger partial charge in [0, 0.05) is 5.75 Å². The standard InChI is InChI=1S/C22H41NO3S/c1-22(2,3)26-21(25)23-19(14-17-10-6-4-7-11-17)20(24)16-27-15-18-12-8-5-9-13-18/h17-20,24H,4-16H2,1-3H3,(H,23,25). The predicted octanol–water partition coefficient (Wildman–Crippen LogP) is 5.52. The molecule has 0 aromatic heterocycles. The van der Waals surface area contributed by atoms with Gasteiger partial charge in [-0.15, -0.1) is 0 Å². The first-order chi connectivity index (χ1) is 12.8. The van der Waals surface area contributed by atoms with Gasteiger partial charge in [0.25, 0.3) is 0 Å². The summed E-state index contributed by atoms with van der Waals surface area (Å²) in [6.07, 6.45) is 13.0. The maximum Gasteiger partial charge on any atom is 0.407 e. The van der Waals surface area contributed by atoms with Crippen LogP contribution in [0, 0.1) is 11.8 Å². The average Bonchev–Trinajstić information content (AvgIpc) is 2.61. The van der Waals surface area contributed by atoms with Crippen LogP contribution in [0.2, 0.25) is 0 Å². The minimum absolute atomic E-state index is 0.207. The number of nitrogens with one attached hydrogen (secondary N) is 1. The number of thioether (sulfide) groups is 1. The second-order valence-electron chi connectivity index (χ2n) is 9.60. The molecule has 0 aromatic carbocycles. The third-order valence-corrected chi connectivity index (χ3v) is 7.13. The van der Waals surface area contributed by atoms with E-state index in [0.29, 0.717) is 11.7 Å². The summed E-state index contributed by atoms with van der Waals surface area (Å²) >= 11 is 1.86. The van der Waals surface area contributed by atoms with Crippen molar-refractivity contribution in [2.75, 3.05) is 11.5 Å². The van der Waals surface area contributed by atoms with Crippen molar-refractivity contribution >= 4 is 17.9 Å². The number of alkyl carbamates (subject to hydrolysis) is 1. The Kier molecular flexibility index (Phi) is 9.78. The van der Waals surface area contributed by atoms with Crippen LogP contribution >= 0.6 is 11.8 Å². The minimum atomic E-state index is -0.514. The van der Waals surface area contributed by atoms with Crippen molar-refractivity contribution in [2.45, 2.75) is 109 Å². The SMILES string of the molecule is CC(C)(C)OC(=O)NC(CC1CCCCC1)C(O)CSCC1CCCCC1. The molecule has 0 aliphatic heterocycles. The smallest absolute Gasteiger partial charge is 0.407 e. The van der Waals surface area contributed by atoms with Gasteiger partial charge < -0.3 is 15.2 Å². The third kappa shape index (κ3) is 9.56. The van der Waals surface area contributed by atoms with Crippen molar-refractivity contribution in [3.63, 3.8) is 0 Å². The molecule has 0 bridgehead atoms. The Hall–Kier alpha value is -0.420. The van der Waals surface area contributed by atoms with E-state index < -0.39 is 17.8 Å². The lowest BCUT2D eigenvalue weighted by Gasteiger charge is -2.31. The van der Waals surface area contributed by atoms with Crippen molar-refractivity contribution in [1.82, 2.24) is 5.32 Å². The number of amides is 1. The van der Waals surface area contributed by atoms with Crippen LogP contribution in [0.15, 0.2) is 0 Å². The fraction of sp³-hybridized carbons (Fsp3) is 0.955. The zero-order valence-electron chi connectivity index (χ0n) is 17.7. The number of aliphatic hydroxyl groups excluding tert-OH is 1. The van der Waals surface area contributed by atoms with E-state index in [1.54, 1.807) is 0 Å². The summed E-state index contributed by atoms with van der Waals surface area (Å²) in [7, 11) is 0. The average molecular weight is 400 g/mol. The van der Waals surface area contributed by atoms with Gasteiger partial charge in [-0.05, 0) is 57.6 Å². The van der Waals surface area contributed by atoms with Crippen LogP contribution in [-0.4, -0.2) is 40.5 Å². The lowest BCUT2D eigenvalue weighted by molar-refractivity contribution is 0.0416. The van der Waals surface area contributed by atoms with Crippen LogP contribution in [0.4, 0.5) is 4.79 Å². The van der Waals surface area contributed by atoms with Gasteiger partial charge in [0.05, 0.1) is 12.1 Å². The van der Waals surface area contributed by atoms with Gasteiger partial charge in [0.1, 0.15) is 5.60 Å². The molecule has 2 rings (SSSR count). The lowest BCUT2D eigenvalue weighted by atomic mass is 9.84. The second kappa shape index (κ2) is 11.5. The van der Waals surface area contributed by atoms with Crippen LogP contribution < -0.4 is 5.32 Å². The summed E-state index contributed by atoms with van der Waals surface area (Å²) in [5, 5.41) is 13.8. The molecule has 2 N–H and O–H groups in total. The highest BCUT2D eigenvalue weighted by atomic mass is 32.2. The molecule has 4 nitrogen and oxygen atoms in total. The topological polar surface area (TPSA) is 58.6 Å². The molecule has 1 amide bonds. The number of carbonyl (C=O) groups is 1. The van der Waals surface area contributed by atoms with Crippen LogP contribution in [0.3, 0.4) is 0 Å². The van der Waals surface area contributed by atoms with Gasteiger partial charge >= 0.3 is 6.09 Å². The van der Waals surface area contributed by atoms with E-state index in [1.165, 1.54) is 64.2 Å². The largest absolute Gasteiger partial charge is 0.444 e. The van der Waals surface area contributed by atoms with Crippen LogP contribution in [0.1, 0.15) is 91.4 Å². The Morgan fingerprint density at radius 1 is 1.04 bits per heavy atom. The Morgan fingerprint density at radius 2 is 1.59 bits per heavy atom. The van der Waals surface area contributed by atoms with Gasteiger partial charge in [0.15, 0.2) is 0 Å². The van der Waals surface area contributed by atoms with Gasteiger partial charge in [-0.2, -0.15) is 11.8 Å². The van der Waals surface area contributed by atoms with Crippen molar-refractivity contribution < 1.29 is 14.6 Å². The van der Waals surface area contributed by atoms with Gasteiger partial charge in [-0.3, -0.25) is 0 Å². The molecule has 158 valence electrons. The first-order valence-corrected chi connectivity index (χ1v) is 12.2. The maximum absolute atomic E-state index is 12.3. The molecule has 2 aliphatic carbocycles. The quantitative estimate of drug-likeness (QED) is 0.564. The molecule has 5 heteroatoms. The van der Waals surface area contributed by atoms with E-state index in [4.69, 9.17) is 4.74 Å². The summed E-state index contributed by atoms with van der Waals surface area (Å²) < 4.78 is 5.44. The summed E-state index contributed by atoms with van der Waals surface area (Å²) in [5.74, 6) is 3.26. The van der Waals surface area contributed by atoms with Crippen LogP contribution in [0.5, 0.6) is 0 Å². The molecule has 2 unspecified atom stereocenters. The Morgan fingerprint density at radius 3 is 2.15 bits per heavy atom. The van der Waals surface area contributed by atoms with E-state index in [2.05, 4.69) is 5.32 Å². The summed E-state index contributed by atoms with van der Waals surface area (Å²) in [5.41, 5.74) is -0.514. The Labute approximate surface area is 170 Å². The molecule has 27 heavy (non-hydrogen) atoms. The summed E-state index contributed by atoms with van der Waals surface area (Å²) in [6.45, 7) is 5.62. The van der Waals surface area contributed by atoms with E-state index in [9.17, 15) is 9.90 Å². The van der Waals surface area contributed by atoms with Gasteiger partial charge in [-0.1, -0.05) is 51.4 Å². The number of hydrogen-bond acceptors (Lipinski definition) is 4. The van der Waals surface area contributed by atoms with Crippen molar-refractivity contribution in [2.24, 2.45) is 11.8 Å². The van der Waals surface area contributed by atoms with E-state index >= 15 is 0 Å².